The van der Waals surface area contributed by atoms with E-state index in [1.54, 1.807) is 73.2 Å². The highest BCUT2D eigenvalue weighted by atomic mass is 16.6. The zero-order chi connectivity index (χ0) is 23.3. The van der Waals surface area contributed by atoms with Crippen molar-refractivity contribution in [1.29, 1.82) is 0 Å². The van der Waals surface area contributed by atoms with Gasteiger partial charge in [-0.05, 0) is 54.1 Å². The standard InChI is InChI=1S/C26H19N5O3/c32-25-23(15-18-7-5-13-27-17-18)30-22-12-6-14-28-24(22)31(25)20-9-4-8-19(16-20)29-26(33)34-21-10-2-1-3-11-21/h1-14,16-17H,15H2,(H,29,33). The molecule has 3 heterocycles. The molecule has 0 spiro atoms. The molecule has 0 saturated carbocycles. The van der Waals surface area contributed by atoms with Crippen LogP contribution in [0.2, 0.25) is 0 Å². The minimum absolute atomic E-state index is 0.293. The van der Waals surface area contributed by atoms with Gasteiger partial charge in [-0.1, -0.05) is 30.3 Å². The van der Waals surface area contributed by atoms with E-state index in [1.807, 2.05) is 24.3 Å². The first-order chi connectivity index (χ1) is 16.7. The van der Waals surface area contributed by atoms with Crippen LogP contribution in [0.25, 0.3) is 16.9 Å². The number of carbonyl (C=O) groups excluding carboxylic acids is 1. The number of ether oxygens (including phenoxy) is 1. The van der Waals surface area contributed by atoms with Gasteiger partial charge in [0.2, 0.25) is 0 Å². The monoisotopic (exact) mass is 449 g/mol. The lowest BCUT2D eigenvalue weighted by Crippen LogP contribution is -2.25. The molecular weight excluding hydrogens is 430 g/mol. The second-order valence-electron chi connectivity index (χ2n) is 7.46. The van der Waals surface area contributed by atoms with Gasteiger partial charge in [-0.15, -0.1) is 0 Å². The number of hydrogen-bond donors (Lipinski definition) is 1. The summed E-state index contributed by atoms with van der Waals surface area (Å²) in [7, 11) is 0. The molecule has 0 fully saturated rings. The van der Waals surface area contributed by atoms with E-state index in [1.165, 1.54) is 4.57 Å². The molecule has 8 nitrogen and oxygen atoms in total. The van der Waals surface area contributed by atoms with E-state index in [2.05, 4.69) is 20.3 Å². The van der Waals surface area contributed by atoms with Crippen LogP contribution < -0.4 is 15.6 Å². The van der Waals surface area contributed by atoms with Gasteiger partial charge in [0.15, 0.2) is 5.65 Å². The van der Waals surface area contributed by atoms with Crippen LogP contribution in [0.1, 0.15) is 11.3 Å². The van der Waals surface area contributed by atoms with Gasteiger partial charge >= 0.3 is 6.09 Å². The van der Waals surface area contributed by atoms with Gasteiger partial charge in [0.25, 0.3) is 5.56 Å². The Kier molecular flexibility index (Phi) is 5.77. The number of fused-ring (bicyclic) bond motifs is 1. The predicted molar refractivity (Wildman–Crippen MR) is 128 cm³/mol. The molecule has 5 aromatic rings. The number of benzene rings is 2. The highest BCUT2D eigenvalue weighted by Crippen LogP contribution is 2.19. The fourth-order valence-electron chi connectivity index (χ4n) is 3.58. The van der Waals surface area contributed by atoms with Crippen LogP contribution in [0.5, 0.6) is 5.75 Å². The number of anilines is 1. The maximum Gasteiger partial charge on any atom is 0.417 e. The summed E-state index contributed by atoms with van der Waals surface area (Å²) in [6.07, 6.45) is 4.70. The van der Waals surface area contributed by atoms with Crippen molar-refractivity contribution >= 4 is 22.9 Å². The van der Waals surface area contributed by atoms with Gasteiger partial charge in [-0.3, -0.25) is 19.7 Å². The fraction of sp³-hybridized carbons (Fsp3) is 0.0385. The summed E-state index contributed by atoms with van der Waals surface area (Å²) < 4.78 is 6.80. The van der Waals surface area contributed by atoms with Crippen LogP contribution in [-0.2, 0) is 6.42 Å². The van der Waals surface area contributed by atoms with Crippen LogP contribution in [0.3, 0.4) is 0 Å². The molecular formula is C26H19N5O3. The van der Waals surface area contributed by atoms with Crippen LogP contribution in [0.4, 0.5) is 10.5 Å². The average molecular weight is 449 g/mol. The number of aromatic nitrogens is 4. The molecule has 5 rings (SSSR count). The van der Waals surface area contributed by atoms with Crippen molar-refractivity contribution in [2.45, 2.75) is 6.42 Å². The normalized spacial score (nSPS) is 10.7. The lowest BCUT2D eigenvalue weighted by molar-refractivity contribution is 0.215. The summed E-state index contributed by atoms with van der Waals surface area (Å²) in [5.41, 5.74) is 2.98. The minimum atomic E-state index is -0.634. The Labute approximate surface area is 194 Å². The summed E-state index contributed by atoms with van der Waals surface area (Å²) in [5, 5.41) is 2.70. The number of amides is 1. The smallest absolute Gasteiger partial charge is 0.410 e. The third kappa shape index (κ3) is 4.51. The number of carbonyl (C=O) groups is 1. The number of para-hydroxylation sites is 1. The molecule has 8 heteroatoms. The van der Waals surface area contributed by atoms with E-state index >= 15 is 0 Å². The molecule has 34 heavy (non-hydrogen) atoms. The minimum Gasteiger partial charge on any atom is -0.410 e. The average Bonchev–Trinajstić information content (AvgIpc) is 2.86. The lowest BCUT2D eigenvalue weighted by Gasteiger charge is -2.13. The third-order valence-electron chi connectivity index (χ3n) is 5.08. The van der Waals surface area contributed by atoms with Gasteiger partial charge in [-0.25, -0.2) is 14.8 Å². The maximum atomic E-state index is 13.5. The van der Waals surface area contributed by atoms with Crippen molar-refractivity contribution in [3.05, 3.63) is 119 Å². The zero-order valence-corrected chi connectivity index (χ0v) is 18.0. The van der Waals surface area contributed by atoms with Gasteiger partial charge in [0.05, 0.1) is 5.69 Å². The van der Waals surface area contributed by atoms with Gasteiger partial charge in [0.1, 0.15) is 17.0 Å². The van der Waals surface area contributed by atoms with Crippen molar-refractivity contribution in [3.63, 3.8) is 0 Å². The van der Waals surface area contributed by atoms with Crippen LogP contribution >= 0.6 is 0 Å². The Morgan fingerprint density at radius 2 is 1.79 bits per heavy atom. The molecule has 0 aliphatic carbocycles. The number of pyridine rings is 2. The topological polar surface area (TPSA) is 99.0 Å². The lowest BCUT2D eigenvalue weighted by atomic mass is 10.1. The van der Waals surface area contributed by atoms with Crippen molar-refractivity contribution < 1.29 is 9.53 Å². The van der Waals surface area contributed by atoms with Crippen molar-refractivity contribution in [3.8, 4) is 11.4 Å². The van der Waals surface area contributed by atoms with E-state index in [-0.39, 0.29) is 5.56 Å². The molecule has 0 aliphatic rings. The Morgan fingerprint density at radius 3 is 2.62 bits per heavy atom. The van der Waals surface area contributed by atoms with Gasteiger partial charge in [0, 0.05) is 30.7 Å². The molecule has 3 aromatic heterocycles. The molecule has 2 aromatic carbocycles. The van der Waals surface area contributed by atoms with Crippen molar-refractivity contribution in [2.24, 2.45) is 0 Å². The fourth-order valence-corrected chi connectivity index (χ4v) is 3.58. The summed E-state index contributed by atoms with van der Waals surface area (Å²) in [4.78, 5) is 38.9. The molecule has 0 aliphatic heterocycles. The van der Waals surface area contributed by atoms with Crippen LogP contribution in [0, 0.1) is 0 Å². The summed E-state index contributed by atoms with van der Waals surface area (Å²) in [5.74, 6) is 0.428. The van der Waals surface area contributed by atoms with Gasteiger partial charge in [-0.2, -0.15) is 0 Å². The third-order valence-corrected chi connectivity index (χ3v) is 5.08. The SMILES string of the molecule is O=C(Nc1cccc(-n2c(=O)c(Cc3cccnc3)nc3cccnc32)c1)Oc1ccccc1. The second kappa shape index (κ2) is 9.33. The van der Waals surface area contributed by atoms with Crippen molar-refractivity contribution in [2.75, 3.05) is 5.32 Å². The number of hydrogen-bond acceptors (Lipinski definition) is 6. The van der Waals surface area contributed by atoms with E-state index < -0.39 is 6.09 Å². The Balaban J connectivity index is 1.52. The van der Waals surface area contributed by atoms with Crippen LogP contribution in [-0.4, -0.2) is 25.6 Å². The summed E-state index contributed by atoms with van der Waals surface area (Å²) >= 11 is 0. The largest absolute Gasteiger partial charge is 0.417 e. The first-order valence-electron chi connectivity index (χ1n) is 10.6. The number of nitrogens with one attached hydrogen (secondary N) is 1. The maximum absolute atomic E-state index is 13.5. The summed E-state index contributed by atoms with van der Waals surface area (Å²) in [6.45, 7) is 0. The van der Waals surface area contributed by atoms with E-state index in [4.69, 9.17) is 4.74 Å². The highest BCUT2D eigenvalue weighted by Gasteiger charge is 2.15. The molecule has 0 atom stereocenters. The Morgan fingerprint density at radius 1 is 0.941 bits per heavy atom. The van der Waals surface area contributed by atoms with Gasteiger partial charge < -0.3 is 4.74 Å². The predicted octanol–water partition coefficient (Wildman–Crippen LogP) is 4.38. The highest BCUT2D eigenvalue weighted by molar-refractivity contribution is 5.86. The molecule has 166 valence electrons. The van der Waals surface area contributed by atoms with E-state index in [0.29, 0.717) is 40.4 Å². The van der Waals surface area contributed by atoms with E-state index in [0.717, 1.165) is 5.56 Å². The molecule has 0 saturated heterocycles. The molecule has 1 amide bonds. The second-order valence-corrected chi connectivity index (χ2v) is 7.46. The van der Waals surface area contributed by atoms with E-state index in [9.17, 15) is 9.59 Å². The summed E-state index contributed by atoms with van der Waals surface area (Å²) in [6, 6.07) is 23.0. The first-order valence-corrected chi connectivity index (χ1v) is 10.6. The number of rotatable bonds is 5. The molecule has 0 bridgehead atoms. The quantitative estimate of drug-likeness (QED) is 0.428. The molecule has 0 unspecified atom stereocenters. The Hall–Kier alpha value is -4.85. The first kappa shape index (κ1) is 21.0. The molecule has 1 N–H and O–H groups in total. The molecule has 0 radical (unpaired) electrons. The Bertz CT molecular complexity index is 1520. The van der Waals surface area contributed by atoms with Crippen molar-refractivity contribution in [1.82, 2.24) is 19.5 Å². The van der Waals surface area contributed by atoms with Crippen LogP contribution in [0.15, 0.2) is 102 Å². The number of nitrogens with zero attached hydrogens (tertiary/aromatic N) is 4. The zero-order valence-electron chi connectivity index (χ0n) is 18.0.